The summed E-state index contributed by atoms with van der Waals surface area (Å²) >= 11 is 1.48. The molecule has 1 amide bonds. The van der Waals surface area contributed by atoms with E-state index in [-0.39, 0.29) is 28.7 Å². The van der Waals surface area contributed by atoms with E-state index in [0.29, 0.717) is 24.1 Å². The highest BCUT2D eigenvalue weighted by molar-refractivity contribution is 8.15. The number of sulfone groups is 1. The Bertz CT molecular complexity index is 892. The molecule has 0 bridgehead atoms. The molecular weight excluding hydrogens is 420 g/mol. The van der Waals surface area contributed by atoms with Gasteiger partial charge in [0.25, 0.3) is 0 Å². The largest absolute Gasteiger partial charge is 0.497 e. The molecule has 6 nitrogen and oxygen atoms in total. The minimum absolute atomic E-state index is 0.0211. The first-order valence-electron chi connectivity index (χ1n) is 10.8. The first-order chi connectivity index (χ1) is 14.4. The summed E-state index contributed by atoms with van der Waals surface area (Å²) in [5.41, 5.74) is 1.15. The minimum Gasteiger partial charge on any atom is -0.497 e. The summed E-state index contributed by atoms with van der Waals surface area (Å²) in [6.07, 6.45) is 7.20. The van der Waals surface area contributed by atoms with Gasteiger partial charge >= 0.3 is 0 Å². The van der Waals surface area contributed by atoms with Gasteiger partial charge in [-0.05, 0) is 36.5 Å². The fraction of sp³-hybridized carbons (Fsp3) is 0.636. The number of hydrogen-bond acceptors (Lipinski definition) is 5. The van der Waals surface area contributed by atoms with E-state index in [1.165, 1.54) is 37.4 Å². The van der Waals surface area contributed by atoms with Gasteiger partial charge in [-0.2, -0.15) is 4.99 Å². The highest BCUT2D eigenvalue weighted by Gasteiger charge is 2.48. The molecule has 0 aromatic heterocycles. The number of fused-ring (bicyclic) bond motifs is 1. The first-order valence-corrected chi connectivity index (χ1v) is 13.5. The van der Waals surface area contributed by atoms with Crippen molar-refractivity contribution in [1.29, 1.82) is 0 Å². The highest BCUT2D eigenvalue weighted by Crippen LogP contribution is 2.38. The molecule has 3 aliphatic rings. The molecule has 0 unspecified atom stereocenters. The molecule has 0 spiro atoms. The molecule has 0 radical (unpaired) electrons. The molecular formula is C22H30N2O4S2. The molecule has 2 heterocycles. The number of methoxy groups -OCH3 is 1. The zero-order chi connectivity index (χ0) is 21.1. The third kappa shape index (κ3) is 5.19. The number of rotatable bonds is 7. The lowest BCUT2D eigenvalue weighted by Crippen LogP contribution is -2.39. The van der Waals surface area contributed by atoms with Gasteiger partial charge in [-0.25, -0.2) is 8.42 Å². The van der Waals surface area contributed by atoms with Crippen molar-refractivity contribution < 1.29 is 17.9 Å². The van der Waals surface area contributed by atoms with Gasteiger partial charge in [0.1, 0.15) is 5.75 Å². The van der Waals surface area contributed by atoms with Gasteiger partial charge in [0.2, 0.25) is 5.91 Å². The van der Waals surface area contributed by atoms with Gasteiger partial charge in [-0.3, -0.25) is 4.79 Å². The Kier molecular flexibility index (Phi) is 6.72. The van der Waals surface area contributed by atoms with Crippen molar-refractivity contribution in [3.63, 3.8) is 0 Å². The van der Waals surface area contributed by atoms with Crippen LogP contribution >= 0.6 is 11.8 Å². The normalized spacial score (nSPS) is 27.0. The SMILES string of the molecule is COc1ccc(CCN2C(=NC(=O)CCC3CCCC3)S[C@H]3CS(=O)(=O)C[C@H]32)cc1. The van der Waals surface area contributed by atoms with Crippen LogP contribution in [0.15, 0.2) is 29.3 Å². The average molecular weight is 451 g/mol. The molecule has 2 saturated heterocycles. The Morgan fingerprint density at radius 1 is 1.20 bits per heavy atom. The van der Waals surface area contributed by atoms with E-state index in [0.717, 1.165) is 24.2 Å². The van der Waals surface area contributed by atoms with Crippen LogP contribution in [0.3, 0.4) is 0 Å². The van der Waals surface area contributed by atoms with Crippen LogP contribution in [-0.4, -0.2) is 60.8 Å². The predicted molar refractivity (Wildman–Crippen MR) is 121 cm³/mol. The second-order valence-electron chi connectivity index (χ2n) is 8.57. The number of aliphatic imine (C=N–C) groups is 1. The van der Waals surface area contributed by atoms with Crippen molar-refractivity contribution >= 4 is 32.7 Å². The van der Waals surface area contributed by atoms with E-state index in [1.54, 1.807) is 7.11 Å². The molecule has 4 rings (SSSR count). The summed E-state index contributed by atoms with van der Waals surface area (Å²) in [4.78, 5) is 19.0. The Hall–Kier alpha value is -1.54. The molecule has 1 aliphatic carbocycles. The topological polar surface area (TPSA) is 76.0 Å². The predicted octanol–water partition coefficient (Wildman–Crippen LogP) is 3.31. The van der Waals surface area contributed by atoms with Gasteiger partial charge in [0.05, 0.1) is 24.7 Å². The molecule has 0 N–H and O–H groups in total. The van der Waals surface area contributed by atoms with Crippen molar-refractivity contribution in [1.82, 2.24) is 4.90 Å². The molecule has 8 heteroatoms. The van der Waals surface area contributed by atoms with Crippen LogP contribution in [0.5, 0.6) is 5.75 Å². The maximum atomic E-state index is 12.5. The maximum Gasteiger partial charge on any atom is 0.248 e. The van der Waals surface area contributed by atoms with Crippen molar-refractivity contribution in [3.05, 3.63) is 29.8 Å². The summed E-state index contributed by atoms with van der Waals surface area (Å²) in [6.45, 7) is 0.657. The number of ether oxygens (including phenoxy) is 1. The second kappa shape index (κ2) is 9.30. The van der Waals surface area contributed by atoms with E-state index in [1.807, 2.05) is 24.3 Å². The summed E-state index contributed by atoms with van der Waals surface area (Å²) in [5.74, 6) is 1.74. The van der Waals surface area contributed by atoms with E-state index < -0.39 is 9.84 Å². The molecule has 1 aromatic carbocycles. The van der Waals surface area contributed by atoms with Crippen LogP contribution in [0, 0.1) is 5.92 Å². The van der Waals surface area contributed by atoms with E-state index in [9.17, 15) is 13.2 Å². The van der Waals surface area contributed by atoms with E-state index in [2.05, 4.69) is 9.89 Å². The third-order valence-electron chi connectivity index (χ3n) is 6.44. The van der Waals surface area contributed by atoms with Crippen LogP contribution in [0.25, 0.3) is 0 Å². The summed E-state index contributed by atoms with van der Waals surface area (Å²) < 4.78 is 29.5. The Balaban J connectivity index is 1.43. The van der Waals surface area contributed by atoms with E-state index in [4.69, 9.17) is 4.74 Å². The molecule has 164 valence electrons. The van der Waals surface area contributed by atoms with Crippen LogP contribution in [0.1, 0.15) is 44.1 Å². The number of carbonyl (C=O) groups excluding carboxylic acids is 1. The van der Waals surface area contributed by atoms with Gasteiger partial charge in [-0.1, -0.05) is 49.6 Å². The number of nitrogens with zero attached hydrogens (tertiary/aromatic N) is 2. The zero-order valence-corrected chi connectivity index (χ0v) is 19.1. The number of thioether (sulfide) groups is 1. The monoisotopic (exact) mass is 450 g/mol. The molecule has 3 fully saturated rings. The quantitative estimate of drug-likeness (QED) is 0.634. The smallest absolute Gasteiger partial charge is 0.248 e. The van der Waals surface area contributed by atoms with Crippen molar-refractivity contribution in [3.8, 4) is 5.75 Å². The Morgan fingerprint density at radius 3 is 2.63 bits per heavy atom. The number of carbonyl (C=O) groups is 1. The molecule has 1 saturated carbocycles. The molecule has 2 atom stereocenters. The van der Waals surface area contributed by atoms with Gasteiger partial charge < -0.3 is 9.64 Å². The van der Waals surface area contributed by atoms with Crippen LogP contribution in [0.4, 0.5) is 0 Å². The lowest BCUT2D eigenvalue weighted by molar-refractivity contribution is -0.118. The van der Waals surface area contributed by atoms with Gasteiger partial charge in [-0.15, -0.1) is 0 Å². The third-order valence-corrected chi connectivity index (χ3v) is 9.68. The van der Waals surface area contributed by atoms with Gasteiger partial charge in [0, 0.05) is 18.2 Å². The van der Waals surface area contributed by atoms with Crippen molar-refractivity contribution in [2.45, 2.75) is 56.2 Å². The van der Waals surface area contributed by atoms with Gasteiger partial charge in [0.15, 0.2) is 15.0 Å². The molecule has 2 aliphatic heterocycles. The Morgan fingerprint density at radius 2 is 1.93 bits per heavy atom. The minimum atomic E-state index is -3.02. The molecule has 1 aromatic rings. The highest BCUT2D eigenvalue weighted by atomic mass is 32.2. The number of amides is 1. The number of benzene rings is 1. The van der Waals surface area contributed by atoms with Crippen LogP contribution in [-0.2, 0) is 21.1 Å². The second-order valence-corrected chi connectivity index (χ2v) is 11.9. The lowest BCUT2D eigenvalue weighted by Gasteiger charge is -2.24. The summed E-state index contributed by atoms with van der Waals surface area (Å²) in [6, 6.07) is 7.82. The molecule has 30 heavy (non-hydrogen) atoms. The van der Waals surface area contributed by atoms with Crippen molar-refractivity contribution in [2.24, 2.45) is 10.9 Å². The summed E-state index contributed by atoms with van der Waals surface area (Å²) in [7, 11) is -1.38. The van der Waals surface area contributed by atoms with Crippen LogP contribution in [0.2, 0.25) is 0 Å². The first kappa shape index (κ1) is 21.7. The maximum absolute atomic E-state index is 12.5. The Labute approximate surface area is 183 Å². The fourth-order valence-corrected chi connectivity index (χ4v) is 8.72. The van der Waals surface area contributed by atoms with Crippen LogP contribution < -0.4 is 4.74 Å². The average Bonchev–Trinajstić information content (AvgIpc) is 3.40. The lowest BCUT2D eigenvalue weighted by atomic mass is 10.0. The number of hydrogen-bond donors (Lipinski definition) is 0. The fourth-order valence-electron chi connectivity index (χ4n) is 4.73. The standard InChI is InChI=1S/C22H30N2O4S2/c1-28-18-9-6-17(7-10-18)12-13-24-19-14-30(26,27)15-20(19)29-22(24)23-21(25)11-8-16-4-2-3-5-16/h6-7,9-10,16,19-20H,2-5,8,11-15H2,1H3/t19-,20+/m1/s1. The zero-order valence-electron chi connectivity index (χ0n) is 17.5. The van der Waals surface area contributed by atoms with Crippen molar-refractivity contribution in [2.75, 3.05) is 25.2 Å². The van der Waals surface area contributed by atoms with E-state index >= 15 is 0 Å². The number of amidine groups is 1. The summed E-state index contributed by atoms with van der Waals surface area (Å²) in [5, 5.41) is 0.692.